The van der Waals surface area contributed by atoms with Crippen LogP contribution in [0.5, 0.6) is 0 Å². The van der Waals surface area contributed by atoms with Crippen LogP contribution in [0.15, 0.2) is 59.7 Å². The number of rotatable bonds is 5. The van der Waals surface area contributed by atoms with Gasteiger partial charge in [0.05, 0.1) is 5.71 Å². The Kier molecular flexibility index (Phi) is 4.77. The van der Waals surface area contributed by atoms with Crippen molar-refractivity contribution in [3.05, 3.63) is 70.7 Å². The predicted octanol–water partition coefficient (Wildman–Crippen LogP) is 4.37. The summed E-state index contributed by atoms with van der Waals surface area (Å²) in [4.78, 5) is 12.3. The summed E-state index contributed by atoms with van der Waals surface area (Å²) in [5, 5.41) is 4.97. The van der Waals surface area contributed by atoms with Gasteiger partial charge in [-0.3, -0.25) is 4.79 Å². The summed E-state index contributed by atoms with van der Waals surface area (Å²) in [6.07, 6.45) is 1.62. The molecule has 0 radical (unpaired) electrons. The van der Waals surface area contributed by atoms with Gasteiger partial charge in [-0.2, -0.15) is 5.10 Å². The van der Waals surface area contributed by atoms with E-state index in [1.807, 2.05) is 49.4 Å². The van der Waals surface area contributed by atoms with E-state index in [-0.39, 0.29) is 11.8 Å². The van der Waals surface area contributed by atoms with Crippen LogP contribution < -0.4 is 5.43 Å². The zero-order chi connectivity index (χ0) is 16.2. The second-order valence-corrected chi connectivity index (χ2v) is 6.19. The molecule has 2 aromatic rings. The minimum absolute atomic E-state index is 0.00756. The van der Waals surface area contributed by atoms with E-state index in [9.17, 15) is 4.79 Å². The van der Waals surface area contributed by atoms with Crippen LogP contribution in [0.4, 0.5) is 0 Å². The van der Waals surface area contributed by atoms with E-state index in [2.05, 4.69) is 22.7 Å². The Hall–Kier alpha value is -2.13. The van der Waals surface area contributed by atoms with Gasteiger partial charge in [0.1, 0.15) is 0 Å². The Bertz CT molecular complexity index is 727. The van der Waals surface area contributed by atoms with Gasteiger partial charge in [0.2, 0.25) is 5.91 Å². The second-order valence-electron chi connectivity index (χ2n) is 5.76. The maximum Gasteiger partial charge on any atom is 0.243 e. The van der Waals surface area contributed by atoms with Crippen molar-refractivity contribution in [2.45, 2.75) is 25.7 Å². The second kappa shape index (κ2) is 6.97. The first-order valence-corrected chi connectivity index (χ1v) is 8.24. The standard InChI is InChI=1S/C19H19ClN2O/c1-2-18(14-9-6-10-15(20)11-14)21-22-19(23)17-12-16(17)13-7-4-3-5-8-13/h3-11,16-17H,2,12H2,1H3,(H,22,23)/t16-,17-/m1/s1. The van der Waals surface area contributed by atoms with Crippen LogP contribution in [-0.2, 0) is 4.79 Å². The number of carbonyl (C=O) groups is 1. The molecule has 1 amide bonds. The highest BCUT2D eigenvalue weighted by molar-refractivity contribution is 6.31. The third kappa shape index (κ3) is 3.80. The summed E-state index contributed by atoms with van der Waals surface area (Å²) in [6.45, 7) is 2.01. The van der Waals surface area contributed by atoms with Crippen molar-refractivity contribution in [2.24, 2.45) is 11.0 Å². The Labute approximate surface area is 141 Å². The monoisotopic (exact) mass is 326 g/mol. The number of hydrogen-bond donors (Lipinski definition) is 1. The molecule has 1 fully saturated rings. The molecule has 0 spiro atoms. The Morgan fingerprint density at radius 3 is 2.70 bits per heavy atom. The molecule has 0 aliphatic heterocycles. The van der Waals surface area contributed by atoms with Gasteiger partial charge in [-0.1, -0.05) is 61.0 Å². The molecule has 0 unspecified atom stereocenters. The summed E-state index contributed by atoms with van der Waals surface area (Å²) in [5.74, 6) is 0.341. The third-order valence-electron chi connectivity index (χ3n) is 4.15. The van der Waals surface area contributed by atoms with Crippen LogP contribution in [0.3, 0.4) is 0 Å². The molecule has 23 heavy (non-hydrogen) atoms. The average Bonchev–Trinajstić information content (AvgIpc) is 3.37. The summed E-state index contributed by atoms with van der Waals surface area (Å²) < 4.78 is 0. The van der Waals surface area contributed by atoms with Gasteiger partial charge in [0.25, 0.3) is 0 Å². The minimum atomic E-state index is -0.00756. The zero-order valence-electron chi connectivity index (χ0n) is 13.0. The van der Waals surface area contributed by atoms with Crippen LogP contribution in [0.2, 0.25) is 5.02 Å². The average molecular weight is 327 g/mol. The van der Waals surface area contributed by atoms with Gasteiger partial charge in [-0.15, -0.1) is 0 Å². The molecule has 2 atom stereocenters. The van der Waals surface area contributed by atoms with E-state index < -0.39 is 0 Å². The molecule has 2 aromatic carbocycles. The molecule has 0 aromatic heterocycles. The SMILES string of the molecule is CCC(=NNC(=O)[C@@H]1C[C@@H]1c1ccccc1)c1cccc(Cl)c1. The third-order valence-corrected chi connectivity index (χ3v) is 4.38. The van der Waals surface area contributed by atoms with Crippen molar-refractivity contribution in [2.75, 3.05) is 0 Å². The Balaban J connectivity index is 1.64. The van der Waals surface area contributed by atoms with Crippen LogP contribution in [0.1, 0.15) is 36.8 Å². The molecule has 4 heteroatoms. The number of benzene rings is 2. The van der Waals surface area contributed by atoms with E-state index in [0.29, 0.717) is 10.9 Å². The largest absolute Gasteiger partial charge is 0.273 e. The van der Waals surface area contributed by atoms with Crippen molar-refractivity contribution in [3.63, 3.8) is 0 Å². The molecule has 1 N–H and O–H groups in total. The van der Waals surface area contributed by atoms with Gasteiger partial charge < -0.3 is 0 Å². The van der Waals surface area contributed by atoms with Gasteiger partial charge >= 0.3 is 0 Å². The van der Waals surface area contributed by atoms with Crippen LogP contribution >= 0.6 is 11.6 Å². The lowest BCUT2D eigenvalue weighted by atomic mass is 10.1. The van der Waals surface area contributed by atoms with Crippen LogP contribution in [0, 0.1) is 5.92 Å². The van der Waals surface area contributed by atoms with Crippen molar-refractivity contribution in [1.82, 2.24) is 5.43 Å². The molecule has 0 saturated heterocycles. The molecule has 0 bridgehead atoms. The molecule has 0 heterocycles. The number of hydrogen-bond acceptors (Lipinski definition) is 2. The van der Waals surface area contributed by atoms with Gasteiger partial charge in [0.15, 0.2) is 0 Å². The van der Waals surface area contributed by atoms with Crippen LogP contribution in [0.25, 0.3) is 0 Å². The number of carbonyl (C=O) groups excluding carboxylic acids is 1. The summed E-state index contributed by atoms with van der Waals surface area (Å²) >= 11 is 6.01. The number of nitrogens with one attached hydrogen (secondary N) is 1. The van der Waals surface area contributed by atoms with Gasteiger partial charge in [0, 0.05) is 10.9 Å². The fourth-order valence-corrected chi connectivity index (χ4v) is 2.96. The van der Waals surface area contributed by atoms with Crippen molar-refractivity contribution >= 4 is 23.2 Å². The molecular weight excluding hydrogens is 308 g/mol. The summed E-state index contributed by atoms with van der Waals surface area (Å²) in [5.41, 5.74) is 5.72. The minimum Gasteiger partial charge on any atom is -0.273 e. The molecule has 3 rings (SSSR count). The lowest BCUT2D eigenvalue weighted by molar-refractivity contribution is -0.122. The van der Waals surface area contributed by atoms with E-state index in [1.165, 1.54) is 5.56 Å². The number of nitrogens with zero attached hydrogens (tertiary/aromatic N) is 1. The van der Waals surface area contributed by atoms with E-state index in [4.69, 9.17) is 11.6 Å². The zero-order valence-corrected chi connectivity index (χ0v) is 13.8. The lowest BCUT2D eigenvalue weighted by Crippen LogP contribution is -2.22. The molecule has 118 valence electrons. The maximum atomic E-state index is 12.3. The summed E-state index contributed by atoms with van der Waals surface area (Å²) in [6, 6.07) is 17.7. The number of halogens is 1. The van der Waals surface area contributed by atoms with Gasteiger partial charge in [-0.05, 0) is 42.0 Å². The fraction of sp³-hybridized carbons (Fsp3) is 0.263. The quantitative estimate of drug-likeness (QED) is 0.643. The van der Waals surface area contributed by atoms with Crippen LogP contribution in [-0.4, -0.2) is 11.6 Å². The topological polar surface area (TPSA) is 41.5 Å². The smallest absolute Gasteiger partial charge is 0.243 e. The first kappa shape index (κ1) is 15.8. The number of hydrazone groups is 1. The van der Waals surface area contributed by atoms with Gasteiger partial charge in [-0.25, -0.2) is 5.43 Å². The Morgan fingerprint density at radius 1 is 1.22 bits per heavy atom. The van der Waals surface area contributed by atoms with E-state index in [1.54, 1.807) is 0 Å². The predicted molar refractivity (Wildman–Crippen MR) is 93.7 cm³/mol. The normalized spacial score (nSPS) is 20.2. The lowest BCUT2D eigenvalue weighted by Gasteiger charge is -2.06. The first-order valence-electron chi connectivity index (χ1n) is 7.86. The highest BCUT2D eigenvalue weighted by Crippen LogP contribution is 2.47. The molecule has 1 aliphatic carbocycles. The first-order chi connectivity index (χ1) is 11.2. The maximum absolute atomic E-state index is 12.3. The molecular formula is C19H19ClN2O. The molecule has 1 aliphatic rings. The van der Waals surface area contributed by atoms with Crippen molar-refractivity contribution in [1.29, 1.82) is 0 Å². The molecule has 3 nitrogen and oxygen atoms in total. The van der Waals surface area contributed by atoms with E-state index in [0.717, 1.165) is 24.1 Å². The molecule has 1 saturated carbocycles. The van der Waals surface area contributed by atoms with Crippen molar-refractivity contribution in [3.8, 4) is 0 Å². The van der Waals surface area contributed by atoms with Crippen molar-refractivity contribution < 1.29 is 4.79 Å². The number of amides is 1. The fourth-order valence-electron chi connectivity index (χ4n) is 2.77. The van der Waals surface area contributed by atoms with E-state index >= 15 is 0 Å². The highest BCUT2D eigenvalue weighted by Gasteiger charge is 2.43. The summed E-state index contributed by atoms with van der Waals surface area (Å²) in [7, 11) is 0. The highest BCUT2D eigenvalue weighted by atomic mass is 35.5. The Morgan fingerprint density at radius 2 is 2.00 bits per heavy atom.